The number of amides is 1. The van der Waals surface area contributed by atoms with Crippen molar-refractivity contribution in [1.82, 2.24) is 9.99 Å². The number of piperazine rings is 1. The molecule has 1 aliphatic heterocycles. The summed E-state index contributed by atoms with van der Waals surface area (Å²) in [6, 6.07) is 17.6. The molecule has 210 valence electrons. The number of para-hydroxylation sites is 1. The molecule has 0 spiro atoms. The number of hydrogen-bond donors (Lipinski definition) is 2. The van der Waals surface area contributed by atoms with E-state index in [4.69, 9.17) is 4.74 Å². The average Bonchev–Trinajstić information content (AvgIpc) is 3.84. The molecular formula is C31H30FN5O4. The summed E-state index contributed by atoms with van der Waals surface area (Å²) in [7, 11) is 1.64. The fraction of sp³-hybridized carbons (Fsp3) is 0.258. The zero-order valence-corrected chi connectivity index (χ0v) is 22.6. The van der Waals surface area contributed by atoms with E-state index >= 15 is 4.39 Å². The topological polar surface area (TPSA) is 99.4 Å². The van der Waals surface area contributed by atoms with Gasteiger partial charge in [-0.15, -0.1) is 0 Å². The number of nitrogens with zero attached hydrogens (tertiary/aromatic N) is 4. The van der Waals surface area contributed by atoms with E-state index in [1.807, 2.05) is 33.7 Å². The highest BCUT2D eigenvalue weighted by Crippen LogP contribution is 2.38. The molecular weight excluding hydrogens is 525 g/mol. The van der Waals surface area contributed by atoms with Gasteiger partial charge >= 0.3 is 0 Å². The van der Waals surface area contributed by atoms with Crippen molar-refractivity contribution in [3.63, 3.8) is 0 Å². The van der Waals surface area contributed by atoms with Gasteiger partial charge in [0.05, 0.1) is 24.5 Å². The molecule has 2 fully saturated rings. The van der Waals surface area contributed by atoms with E-state index in [9.17, 15) is 14.7 Å². The average molecular weight is 556 g/mol. The highest BCUT2D eigenvalue weighted by Gasteiger charge is 2.28. The molecule has 9 nitrogen and oxygen atoms in total. The number of pyridine rings is 1. The summed E-state index contributed by atoms with van der Waals surface area (Å²) in [4.78, 5) is 30.6. The van der Waals surface area contributed by atoms with Crippen LogP contribution in [0.5, 0.6) is 11.5 Å². The Morgan fingerprint density at radius 2 is 1.76 bits per heavy atom. The predicted molar refractivity (Wildman–Crippen MR) is 157 cm³/mol. The maximum Gasteiger partial charge on any atom is 0.276 e. The highest BCUT2D eigenvalue weighted by atomic mass is 19.1. The van der Waals surface area contributed by atoms with Crippen LogP contribution in [0, 0.1) is 5.82 Å². The number of fused-ring (bicyclic) bond motifs is 1. The molecule has 10 heteroatoms. The Morgan fingerprint density at radius 3 is 2.44 bits per heavy atom. The molecule has 1 aromatic heterocycles. The number of carbonyl (C=O) groups excluding carboxylic acids is 1. The second kappa shape index (κ2) is 11.0. The molecule has 2 aliphatic rings. The molecule has 0 unspecified atom stereocenters. The number of hydrazone groups is 1. The van der Waals surface area contributed by atoms with E-state index in [1.165, 1.54) is 18.3 Å². The third-order valence-corrected chi connectivity index (χ3v) is 7.65. The molecule has 0 radical (unpaired) electrons. The van der Waals surface area contributed by atoms with E-state index < -0.39 is 17.2 Å². The molecule has 41 heavy (non-hydrogen) atoms. The zero-order valence-electron chi connectivity index (χ0n) is 22.6. The van der Waals surface area contributed by atoms with Crippen LogP contribution in [-0.4, -0.2) is 55.1 Å². The number of phenols is 1. The van der Waals surface area contributed by atoms with E-state index in [-0.39, 0.29) is 22.7 Å². The number of benzene rings is 3. The van der Waals surface area contributed by atoms with Crippen LogP contribution in [0.15, 0.2) is 76.8 Å². The molecule has 1 amide bonds. The monoisotopic (exact) mass is 555 g/mol. The van der Waals surface area contributed by atoms with Gasteiger partial charge in [-0.1, -0.05) is 12.1 Å². The lowest BCUT2D eigenvalue weighted by atomic mass is 10.1. The summed E-state index contributed by atoms with van der Waals surface area (Å²) in [5, 5.41) is 13.9. The van der Waals surface area contributed by atoms with Crippen LogP contribution in [0.2, 0.25) is 0 Å². The minimum Gasteiger partial charge on any atom is -0.507 e. The summed E-state index contributed by atoms with van der Waals surface area (Å²) < 4.78 is 22.7. The number of carbonyl (C=O) groups is 1. The minimum atomic E-state index is -0.697. The van der Waals surface area contributed by atoms with Crippen molar-refractivity contribution in [2.24, 2.45) is 5.10 Å². The molecule has 6 rings (SSSR count). The van der Waals surface area contributed by atoms with Crippen LogP contribution in [0.3, 0.4) is 0 Å². The van der Waals surface area contributed by atoms with Crippen LogP contribution in [0.4, 0.5) is 15.8 Å². The summed E-state index contributed by atoms with van der Waals surface area (Å²) in [5.74, 6) is -0.379. The van der Waals surface area contributed by atoms with Crippen molar-refractivity contribution < 1.29 is 19.0 Å². The summed E-state index contributed by atoms with van der Waals surface area (Å²) in [6.45, 7) is 2.69. The molecule has 4 aromatic rings. The van der Waals surface area contributed by atoms with Gasteiger partial charge in [0, 0.05) is 55.1 Å². The molecule has 3 aromatic carbocycles. The maximum atomic E-state index is 15.5. The third-order valence-electron chi connectivity index (χ3n) is 7.65. The number of nitrogens with one attached hydrogen (secondary N) is 1. The van der Waals surface area contributed by atoms with Crippen LogP contribution >= 0.6 is 0 Å². The Hall–Kier alpha value is -4.86. The van der Waals surface area contributed by atoms with Gasteiger partial charge in [-0.05, 0) is 61.4 Å². The smallest absolute Gasteiger partial charge is 0.276 e. The molecule has 1 saturated heterocycles. The van der Waals surface area contributed by atoms with Gasteiger partial charge in [-0.25, -0.2) is 9.82 Å². The van der Waals surface area contributed by atoms with Gasteiger partial charge in [0.1, 0.15) is 22.9 Å². The van der Waals surface area contributed by atoms with Gasteiger partial charge in [0.2, 0.25) is 5.43 Å². The Labute approximate surface area is 236 Å². The van der Waals surface area contributed by atoms with Gasteiger partial charge in [0.25, 0.3) is 5.91 Å². The lowest BCUT2D eigenvalue weighted by Gasteiger charge is -2.37. The minimum absolute atomic E-state index is 0.0146. The number of aromatic nitrogens is 1. The van der Waals surface area contributed by atoms with E-state index in [0.29, 0.717) is 29.9 Å². The first-order valence-electron chi connectivity index (χ1n) is 13.6. The summed E-state index contributed by atoms with van der Waals surface area (Å²) in [6.07, 6.45) is 4.68. The number of ether oxygens (including phenoxy) is 1. The Kier molecular flexibility index (Phi) is 7.05. The van der Waals surface area contributed by atoms with E-state index in [0.717, 1.165) is 37.4 Å². The number of phenolic OH excluding ortho intramolecular Hbond substituents is 1. The number of methoxy groups -OCH3 is 1. The fourth-order valence-electron chi connectivity index (χ4n) is 5.23. The third kappa shape index (κ3) is 5.32. The second-order valence-electron chi connectivity index (χ2n) is 10.3. The highest BCUT2D eigenvalue weighted by molar-refractivity contribution is 5.98. The first-order chi connectivity index (χ1) is 19.9. The summed E-state index contributed by atoms with van der Waals surface area (Å²) >= 11 is 0. The van der Waals surface area contributed by atoms with Gasteiger partial charge in [-0.2, -0.15) is 5.10 Å². The lowest BCUT2D eigenvalue weighted by Crippen LogP contribution is -2.46. The Morgan fingerprint density at radius 1 is 1.05 bits per heavy atom. The fourth-order valence-corrected chi connectivity index (χ4v) is 5.23. The second-order valence-corrected chi connectivity index (χ2v) is 10.3. The zero-order chi connectivity index (χ0) is 28.5. The van der Waals surface area contributed by atoms with Crippen molar-refractivity contribution in [3.8, 4) is 11.5 Å². The van der Waals surface area contributed by atoms with Crippen LogP contribution in [-0.2, 0) is 0 Å². The quantitative estimate of drug-likeness (QED) is 0.261. The number of anilines is 2. The Bertz CT molecular complexity index is 1690. The van der Waals surface area contributed by atoms with Crippen LogP contribution in [0.1, 0.15) is 34.8 Å². The molecule has 0 atom stereocenters. The standard InChI is InChI=1S/C31H30FN5O4/c1-41-23-10-8-21(9-11-23)35-12-14-36(15-13-35)28-17-27-24(16-26(28)32)30(39)25(19-37(27)22-6-7-22)31(40)34-33-18-20-4-2-3-5-29(20)38/h2-5,8-11,16-19,22,38H,6-7,12-15H2,1H3,(H,34,40)/b33-18-. The van der Waals surface area contributed by atoms with Gasteiger partial charge in [-0.3, -0.25) is 9.59 Å². The van der Waals surface area contributed by atoms with E-state index in [2.05, 4.69) is 15.4 Å². The SMILES string of the molecule is COc1ccc(N2CCN(c3cc4c(cc3F)c(=O)c(C(=O)N/N=C\c3ccccc3O)cn4C3CC3)CC2)cc1. The molecule has 1 aliphatic carbocycles. The molecule has 2 N–H and O–H groups in total. The molecule has 2 heterocycles. The number of hydrogen-bond acceptors (Lipinski definition) is 7. The first-order valence-corrected chi connectivity index (χ1v) is 13.6. The van der Waals surface area contributed by atoms with Crippen LogP contribution < -0.4 is 25.4 Å². The van der Waals surface area contributed by atoms with E-state index in [1.54, 1.807) is 37.6 Å². The van der Waals surface area contributed by atoms with Crippen molar-refractivity contribution >= 4 is 34.4 Å². The molecule has 1 saturated carbocycles. The maximum absolute atomic E-state index is 15.5. The van der Waals surface area contributed by atoms with Crippen molar-refractivity contribution in [3.05, 3.63) is 94.0 Å². The number of halogens is 1. The van der Waals surface area contributed by atoms with Gasteiger partial charge < -0.3 is 24.2 Å². The van der Waals surface area contributed by atoms with Crippen molar-refractivity contribution in [1.29, 1.82) is 0 Å². The number of aromatic hydroxyl groups is 1. The van der Waals surface area contributed by atoms with Gasteiger partial charge in [0.15, 0.2) is 0 Å². The largest absolute Gasteiger partial charge is 0.507 e. The normalized spacial score (nSPS) is 15.5. The first kappa shape index (κ1) is 26.4. The van der Waals surface area contributed by atoms with Crippen LogP contribution in [0.25, 0.3) is 10.9 Å². The molecule has 0 bridgehead atoms. The lowest BCUT2D eigenvalue weighted by molar-refractivity contribution is 0.0953. The van der Waals surface area contributed by atoms with Crippen molar-refractivity contribution in [2.75, 3.05) is 43.1 Å². The summed E-state index contributed by atoms with van der Waals surface area (Å²) in [5.41, 5.74) is 4.26. The number of rotatable bonds is 7. The van der Waals surface area contributed by atoms with Crippen molar-refractivity contribution in [2.45, 2.75) is 18.9 Å². The Balaban J connectivity index is 1.25. The predicted octanol–water partition coefficient (Wildman–Crippen LogP) is 4.28.